The lowest BCUT2D eigenvalue weighted by Gasteiger charge is -2.31. The number of esters is 1. The molecule has 3 aliphatic rings. The van der Waals surface area contributed by atoms with Gasteiger partial charge in [-0.2, -0.15) is 0 Å². The lowest BCUT2D eigenvalue weighted by Crippen LogP contribution is -2.27. The summed E-state index contributed by atoms with van der Waals surface area (Å²) in [6.07, 6.45) is 3.12. The molecule has 0 amide bonds. The van der Waals surface area contributed by atoms with Gasteiger partial charge in [0.15, 0.2) is 5.79 Å². The first-order valence-corrected chi connectivity index (χ1v) is 13.0. The van der Waals surface area contributed by atoms with Crippen molar-refractivity contribution in [1.82, 2.24) is 0 Å². The van der Waals surface area contributed by atoms with Crippen LogP contribution >= 0.6 is 0 Å². The molecule has 5 rings (SSSR count). The molecule has 0 N–H and O–H groups in total. The van der Waals surface area contributed by atoms with Crippen LogP contribution in [0, 0.1) is 5.92 Å². The molecule has 2 heterocycles. The van der Waals surface area contributed by atoms with Crippen LogP contribution in [0.4, 0.5) is 11.4 Å². The van der Waals surface area contributed by atoms with E-state index in [9.17, 15) is 13.2 Å². The zero-order valence-corrected chi connectivity index (χ0v) is 19.8. The maximum Gasteiger partial charge on any atom is 0.313 e. The lowest BCUT2D eigenvalue weighted by atomic mass is 9.87. The normalized spacial score (nSPS) is 23.2. The third kappa shape index (κ3) is 3.84. The van der Waals surface area contributed by atoms with Gasteiger partial charge in [-0.05, 0) is 55.5 Å². The van der Waals surface area contributed by atoms with Crippen LogP contribution in [0.3, 0.4) is 0 Å². The Morgan fingerprint density at radius 1 is 1.15 bits per heavy atom. The average molecular weight is 472 g/mol. The summed E-state index contributed by atoms with van der Waals surface area (Å²) in [7, 11) is -1.78. The van der Waals surface area contributed by atoms with Gasteiger partial charge in [-0.1, -0.05) is 18.2 Å². The largest absolute Gasteiger partial charge is 0.466 e. The Labute approximate surface area is 194 Å². The predicted octanol–water partition coefficient (Wildman–Crippen LogP) is 4.18. The van der Waals surface area contributed by atoms with E-state index < -0.39 is 21.5 Å². The monoisotopic (exact) mass is 471 g/mol. The third-order valence-electron chi connectivity index (χ3n) is 7.04. The second kappa shape index (κ2) is 8.42. The van der Waals surface area contributed by atoms with E-state index in [1.54, 1.807) is 37.3 Å². The zero-order valence-electron chi connectivity index (χ0n) is 19.0. The van der Waals surface area contributed by atoms with Gasteiger partial charge in [-0.15, -0.1) is 0 Å². The molecule has 1 aliphatic carbocycles. The zero-order chi connectivity index (χ0) is 23.2. The Morgan fingerprint density at radius 2 is 1.88 bits per heavy atom. The minimum atomic E-state index is -3.64. The first-order chi connectivity index (χ1) is 15.8. The van der Waals surface area contributed by atoms with E-state index in [1.165, 1.54) is 0 Å². The summed E-state index contributed by atoms with van der Waals surface area (Å²) >= 11 is 0. The van der Waals surface area contributed by atoms with Crippen molar-refractivity contribution < 1.29 is 27.4 Å². The van der Waals surface area contributed by atoms with Gasteiger partial charge >= 0.3 is 5.97 Å². The van der Waals surface area contributed by atoms with Gasteiger partial charge in [-0.25, -0.2) is 8.42 Å². The van der Waals surface area contributed by atoms with E-state index in [4.69, 9.17) is 14.2 Å². The van der Waals surface area contributed by atoms with Crippen LogP contribution in [0.25, 0.3) is 0 Å². The van der Waals surface area contributed by atoms with Crippen molar-refractivity contribution >= 4 is 27.2 Å². The summed E-state index contributed by atoms with van der Waals surface area (Å²) in [4.78, 5) is 15.4. The molecule has 0 radical (unpaired) electrons. The van der Waals surface area contributed by atoms with Gasteiger partial charge in [0.2, 0.25) is 9.84 Å². The Balaban J connectivity index is 1.48. The molecule has 2 aromatic rings. The molecule has 0 aromatic heterocycles. The van der Waals surface area contributed by atoms with Gasteiger partial charge in [0, 0.05) is 19.9 Å². The Morgan fingerprint density at radius 3 is 2.64 bits per heavy atom. The average Bonchev–Trinajstić information content (AvgIpc) is 3.45. The molecule has 33 heavy (non-hydrogen) atoms. The van der Waals surface area contributed by atoms with Crippen molar-refractivity contribution in [2.45, 2.75) is 54.1 Å². The number of hydrogen-bond acceptors (Lipinski definition) is 7. The number of anilines is 2. The van der Waals surface area contributed by atoms with Gasteiger partial charge < -0.3 is 19.1 Å². The smallest absolute Gasteiger partial charge is 0.313 e. The highest BCUT2D eigenvalue weighted by Crippen LogP contribution is 2.47. The number of sulfone groups is 1. The number of carbonyl (C=O) groups is 1. The minimum Gasteiger partial charge on any atom is -0.466 e. The number of hydrogen-bond donors (Lipinski definition) is 0. The quantitative estimate of drug-likeness (QED) is 0.605. The van der Waals surface area contributed by atoms with Crippen LogP contribution < -0.4 is 4.90 Å². The maximum atomic E-state index is 13.2. The molecular formula is C25H29NO6S. The Hall–Kier alpha value is -2.42. The molecule has 7 nitrogen and oxygen atoms in total. The van der Waals surface area contributed by atoms with Crippen molar-refractivity contribution in [2.24, 2.45) is 5.92 Å². The molecule has 2 aromatic carbocycles. The van der Waals surface area contributed by atoms with Crippen LogP contribution in [0.1, 0.15) is 44.1 Å². The molecule has 1 saturated heterocycles. The summed E-state index contributed by atoms with van der Waals surface area (Å²) in [6, 6.07) is 12.2. The fraction of sp³-hybridized carbons (Fsp3) is 0.480. The number of nitrogens with zero attached hydrogens (tertiary/aromatic N) is 1. The van der Waals surface area contributed by atoms with Crippen LogP contribution in [0.2, 0.25) is 0 Å². The van der Waals surface area contributed by atoms with E-state index in [0.29, 0.717) is 42.5 Å². The van der Waals surface area contributed by atoms with Crippen LogP contribution in [-0.2, 0) is 28.8 Å². The standard InChI is InChI=1S/C25H29NO6S/c1-3-30-24(27)19(14-17-10-11-25(16-17)31-12-13-32-25)18-8-9-23-21(15-18)26(2)20-6-4-5-7-22(20)33(23,28)29/h4-9,15,17,19H,3,10-14,16H2,1-2H3. The number of ether oxygens (including phenoxy) is 3. The van der Waals surface area contributed by atoms with E-state index in [1.807, 2.05) is 24.1 Å². The molecule has 2 atom stereocenters. The number of benzene rings is 2. The highest BCUT2D eigenvalue weighted by molar-refractivity contribution is 7.92. The highest BCUT2D eigenvalue weighted by atomic mass is 32.2. The van der Waals surface area contributed by atoms with E-state index >= 15 is 0 Å². The third-order valence-corrected chi connectivity index (χ3v) is 8.89. The summed E-state index contributed by atoms with van der Waals surface area (Å²) < 4.78 is 43.6. The van der Waals surface area contributed by atoms with Gasteiger partial charge in [-0.3, -0.25) is 4.79 Å². The first kappa shape index (κ1) is 22.4. The molecule has 176 valence electrons. The summed E-state index contributed by atoms with van der Waals surface area (Å²) in [6.45, 7) is 3.31. The van der Waals surface area contributed by atoms with E-state index in [-0.39, 0.29) is 16.8 Å². The Bertz CT molecular complexity index is 1170. The summed E-state index contributed by atoms with van der Waals surface area (Å²) in [5.41, 5.74) is 1.97. The van der Waals surface area contributed by atoms with Gasteiger partial charge in [0.25, 0.3) is 0 Å². The number of fused-ring (bicyclic) bond motifs is 2. The fourth-order valence-electron chi connectivity index (χ4n) is 5.42. The van der Waals surface area contributed by atoms with Crippen LogP contribution in [0.5, 0.6) is 0 Å². The molecular weight excluding hydrogens is 442 g/mol. The van der Waals surface area contributed by atoms with Crippen molar-refractivity contribution in [3.05, 3.63) is 48.0 Å². The first-order valence-electron chi connectivity index (χ1n) is 11.5. The molecule has 8 heteroatoms. The summed E-state index contributed by atoms with van der Waals surface area (Å²) in [5.74, 6) is -1.01. The lowest BCUT2D eigenvalue weighted by molar-refractivity contribution is -0.154. The fourth-order valence-corrected chi connectivity index (χ4v) is 7.12. The second-order valence-electron chi connectivity index (χ2n) is 9.01. The number of para-hydroxylation sites is 1. The predicted molar refractivity (Wildman–Crippen MR) is 122 cm³/mol. The molecule has 2 fully saturated rings. The van der Waals surface area contributed by atoms with Crippen LogP contribution in [-0.4, -0.2) is 47.0 Å². The molecule has 2 aliphatic heterocycles. The van der Waals surface area contributed by atoms with Crippen molar-refractivity contribution in [3.63, 3.8) is 0 Å². The molecule has 0 bridgehead atoms. The summed E-state index contributed by atoms with van der Waals surface area (Å²) in [5, 5.41) is 0. The van der Waals surface area contributed by atoms with Gasteiger partial charge in [0.1, 0.15) is 0 Å². The number of rotatable bonds is 5. The van der Waals surface area contributed by atoms with Crippen molar-refractivity contribution in [1.29, 1.82) is 0 Å². The second-order valence-corrected chi connectivity index (χ2v) is 10.9. The van der Waals surface area contributed by atoms with Gasteiger partial charge in [0.05, 0.1) is 46.9 Å². The van der Waals surface area contributed by atoms with Crippen molar-refractivity contribution in [3.8, 4) is 0 Å². The number of carbonyl (C=O) groups excluding carboxylic acids is 1. The SMILES string of the molecule is CCOC(=O)C(CC1CCC2(C1)OCCO2)c1ccc2c(c1)N(C)c1ccccc1S2(=O)=O. The Kier molecular flexibility index (Phi) is 5.71. The molecule has 1 spiro atoms. The van der Waals surface area contributed by atoms with E-state index in [0.717, 1.165) is 24.8 Å². The topological polar surface area (TPSA) is 82.1 Å². The minimum absolute atomic E-state index is 0.252. The maximum absolute atomic E-state index is 13.2. The molecule has 2 unspecified atom stereocenters. The highest BCUT2D eigenvalue weighted by Gasteiger charge is 2.45. The van der Waals surface area contributed by atoms with Crippen LogP contribution in [0.15, 0.2) is 52.3 Å². The van der Waals surface area contributed by atoms with Crippen molar-refractivity contribution in [2.75, 3.05) is 31.8 Å². The molecule has 1 saturated carbocycles. The van der Waals surface area contributed by atoms with E-state index in [2.05, 4.69) is 0 Å².